The predicted octanol–water partition coefficient (Wildman–Crippen LogP) is 0.959. The molecule has 1 aromatic rings. The van der Waals surface area contributed by atoms with Gasteiger partial charge >= 0.3 is 0 Å². The fraction of sp³-hybridized carbons (Fsp3) is 0.421. The average Bonchev–Trinajstić information content (AvgIpc) is 2.61. The second-order valence-electron chi connectivity index (χ2n) is 6.41. The SMILES string of the molecule is CCOc1cccc(C(=O)NNC(=O)[C@@H]2CC(C)=C(C)C[C@H]2C(=O)[O-])c1. The van der Waals surface area contributed by atoms with Crippen LogP contribution in [0.25, 0.3) is 0 Å². The molecular formula is C19H23N2O5-. The summed E-state index contributed by atoms with van der Waals surface area (Å²) in [6.45, 7) is 6.04. The first-order chi connectivity index (χ1) is 12.3. The maximum absolute atomic E-state index is 12.4. The molecule has 0 spiro atoms. The maximum Gasteiger partial charge on any atom is 0.269 e. The highest BCUT2D eigenvalue weighted by Crippen LogP contribution is 2.33. The van der Waals surface area contributed by atoms with Crippen LogP contribution in [0, 0.1) is 11.8 Å². The minimum Gasteiger partial charge on any atom is -0.550 e. The van der Waals surface area contributed by atoms with Crippen LogP contribution in [-0.2, 0) is 9.59 Å². The molecule has 0 heterocycles. The van der Waals surface area contributed by atoms with Crippen LogP contribution in [0.2, 0.25) is 0 Å². The lowest BCUT2D eigenvalue weighted by molar-refractivity contribution is -0.313. The van der Waals surface area contributed by atoms with Gasteiger partial charge in [-0.15, -0.1) is 0 Å². The highest BCUT2D eigenvalue weighted by molar-refractivity contribution is 5.96. The molecule has 0 aliphatic heterocycles. The third kappa shape index (κ3) is 4.62. The van der Waals surface area contributed by atoms with Gasteiger partial charge in [0, 0.05) is 17.5 Å². The summed E-state index contributed by atoms with van der Waals surface area (Å²) in [7, 11) is 0. The molecule has 0 aromatic heterocycles. The van der Waals surface area contributed by atoms with E-state index < -0.39 is 29.6 Å². The van der Waals surface area contributed by atoms with E-state index in [-0.39, 0.29) is 6.42 Å². The van der Waals surface area contributed by atoms with Crippen molar-refractivity contribution in [1.82, 2.24) is 10.9 Å². The largest absolute Gasteiger partial charge is 0.550 e. The fourth-order valence-electron chi connectivity index (χ4n) is 2.99. The van der Waals surface area contributed by atoms with Gasteiger partial charge in [-0.2, -0.15) is 0 Å². The molecule has 7 heteroatoms. The Morgan fingerprint density at radius 2 is 1.77 bits per heavy atom. The van der Waals surface area contributed by atoms with E-state index in [4.69, 9.17) is 4.74 Å². The second-order valence-corrected chi connectivity index (χ2v) is 6.41. The summed E-state index contributed by atoms with van der Waals surface area (Å²) in [6.07, 6.45) is 0.600. The Kier molecular flexibility index (Phi) is 6.38. The molecule has 26 heavy (non-hydrogen) atoms. The molecule has 2 rings (SSSR count). The van der Waals surface area contributed by atoms with E-state index in [9.17, 15) is 19.5 Å². The molecule has 1 aliphatic rings. The smallest absolute Gasteiger partial charge is 0.269 e. The number of aliphatic carboxylic acids is 1. The Morgan fingerprint density at radius 3 is 2.38 bits per heavy atom. The van der Waals surface area contributed by atoms with Crippen LogP contribution in [-0.4, -0.2) is 24.4 Å². The normalized spacial score (nSPS) is 19.7. The molecule has 2 N–H and O–H groups in total. The molecule has 1 aliphatic carbocycles. The number of carboxylic acids is 1. The van der Waals surface area contributed by atoms with Crippen LogP contribution in [0.1, 0.15) is 44.0 Å². The van der Waals surface area contributed by atoms with E-state index in [0.717, 1.165) is 11.1 Å². The number of amides is 2. The van der Waals surface area contributed by atoms with Crippen molar-refractivity contribution in [1.29, 1.82) is 0 Å². The zero-order valence-corrected chi connectivity index (χ0v) is 15.1. The van der Waals surface area contributed by atoms with Gasteiger partial charge in [-0.3, -0.25) is 20.4 Å². The first kappa shape index (κ1) is 19.5. The number of carbonyl (C=O) groups excluding carboxylic acids is 3. The average molecular weight is 359 g/mol. The first-order valence-corrected chi connectivity index (χ1v) is 8.52. The van der Waals surface area contributed by atoms with Gasteiger partial charge in [-0.25, -0.2) is 0 Å². The number of hydrazine groups is 1. The van der Waals surface area contributed by atoms with Gasteiger partial charge < -0.3 is 14.6 Å². The van der Waals surface area contributed by atoms with E-state index in [1.807, 2.05) is 20.8 Å². The lowest BCUT2D eigenvalue weighted by atomic mass is 9.76. The summed E-state index contributed by atoms with van der Waals surface area (Å²) in [5, 5.41) is 11.4. The Hall–Kier alpha value is -2.83. The number of carbonyl (C=O) groups is 3. The van der Waals surface area contributed by atoms with Crippen molar-refractivity contribution in [3.8, 4) is 5.75 Å². The van der Waals surface area contributed by atoms with Crippen molar-refractivity contribution in [2.45, 2.75) is 33.6 Å². The van der Waals surface area contributed by atoms with Crippen molar-refractivity contribution in [3.63, 3.8) is 0 Å². The van der Waals surface area contributed by atoms with E-state index >= 15 is 0 Å². The Bertz CT molecular complexity index is 741. The monoisotopic (exact) mass is 359 g/mol. The van der Waals surface area contributed by atoms with Gasteiger partial charge in [-0.05, 0) is 51.8 Å². The van der Waals surface area contributed by atoms with Crippen LogP contribution in [0.15, 0.2) is 35.4 Å². The summed E-state index contributed by atoms with van der Waals surface area (Å²) in [5.74, 6) is -3.44. The zero-order valence-electron chi connectivity index (χ0n) is 15.1. The topological polar surface area (TPSA) is 108 Å². The third-order valence-electron chi connectivity index (χ3n) is 4.61. The van der Waals surface area contributed by atoms with Crippen molar-refractivity contribution >= 4 is 17.8 Å². The number of hydrogen-bond acceptors (Lipinski definition) is 5. The molecule has 0 saturated carbocycles. The first-order valence-electron chi connectivity index (χ1n) is 8.52. The van der Waals surface area contributed by atoms with Gasteiger partial charge in [0.15, 0.2) is 0 Å². The summed E-state index contributed by atoms with van der Waals surface area (Å²) in [4.78, 5) is 36.0. The summed E-state index contributed by atoms with van der Waals surface area (Å²) < 4.78 is 5.34. The number of carboxylic acid groups (broad SMARTS) is 1. The van der Waals surface area contributed by atoms with Crippen molar-refractivity contribution in [2.75, 3.05) is 6.61 Å². The van der Waals surface area contributed by atoms with Crippen LogP contribution < -0.4 is 20.7 Å². The quantitative estimate of drug-likeness (QED) is 0.601. The second kappa shape index (κ2) is 8.51. The molecule has 0 fully saturated rings. The van der Waals surface area contributed by atoms with Crippen molar-refractivity contribution < 1.29 is 24.2 Å². The molecule has 0 radical (unpaired) electrons. The highest BCUT2D eigenvalue weighted by atomic mass is 16.5. The number of allylic oxidation sites excluding steroid dienone is 2. The lowest BCUT2D eigenvalue weighted by Gasteiger charge is -2.32. The molecule has 0 bridgehead atoms. The molecule has 0 unspecified atom stereocenters. The van der Waals surface area contributed by atoms with E-state index in [0.29, 0.717) is 24.3 Å². The Morgan fingerprint density at radius 1 is 1.12 bits per heavy atom. The number of hydrogen-bond donors (Lipinski definition) is 2. The molecule has 1 aromatic carbocycles. The Labute approximate surface area is 152 Å². The molecule has 7 nitrogen and oxygen atoms in total. The van der Waals surface area contributed by atoms with E-state index in [1.165, 1.54) is 0 Å². The van der Waals surface area contributed by atoms with E-state index in [1.54, 1.807) is 24.3 Å². The molecule has 2 amide bonds. The number of ether oxygens (including phenoxy) is 1. The summed E-state index contributed by atoms with van der Waals surface area (Å²) in [6, 6.07) is 6.55. The van der Waals surface area contributed by atoms with Gasteiger partial charge in [0.1, 0.15) is 5.75 Å². The standard InChI is InChI=1S/C19H24N2O5/c1-4-26-14-7-5-6-13(10-14)17(22)20-21-18(23)15-8-11(2)12(3)9-16(15)19(24)25/h5-7,10,15-16H,4,8-9H2,1-3H3,(H,20,22)(H,21,23)(H,24,25)/p-1/t15-,16-/m1/s1. The van der Waals surface area contributed by atoms with Crippen molar-refractivity contribution in [2.24, 2.45) is 11.8 Å². The minimum absolute atomic E-state index is 0.274. The number of nitrogens with one attached hydrogen (secondary N) is 2. The van der Waals surface area contributed by atoms with Crippen LogP contribution >= 0.6 is 0 Å². The third-order valence-corrected chi connectivity index (χ3v) is 4.61. The molecule has 0 saturated heterocycles. The molecular weight excluding hydrogens is 336 g/mol. The lowest BCUT2D eigenvalue weighted by Crippen LogP contribution is -2.49. The van der Waals surface area contributed by atoms with Gasteiger partial charge in [0.05, 0.1) is 12.5 Å². The van der Waals surface area contributed by atoms with Crippen molar-refractivity contribution in [3.05, 3.63) is 41.0 Å². The number of rotatable bonds is 5. The molecule has 2 atom stereocenters. The van der Waals surface area contributed by atoms with Crippen LogP contribution in [0.5, 0.6) is 5.75 Å². The highest BCUT2D eigenvalue weighted by Gasteiger charge is 2.33. The van der Waals surface area contributed by atoms with E-state index in [2.05, 4.69) is 10.9 Å². The predicted molar refractivity (Wildman–Crippen MR) is 92.8 cm³/mol. The van der Waals surface area contributed by atoms with Gasteiger partial charge in [0.2, 0.25) is 5.91 Å². The van der Waals surface area contributed by atoms with Gasteiger partial charge in [-0.1, -0.05) is 17.2 Å². The van der Waals surface area contributed by atoms with Crippen LogP contribution in [0.3, 0.4) is 0 Å². The summed E-state index contributed by atoms with van der Waals surface area (Å²) >= 11 is 0. The fourth-order valence-corrected chi connectivity index (χ4v) is 2.99. The minimum atomic E-state index is -1.26. The Balaban J connectivity index is 2.02. The van der Waals surface area contributed by atoms with Gasteiger partial charge in [0.25, 0.3) is 5.91 Å². The zero-order chi connectivity index (χ0) is 19.3. The summed E-state index contributed by atoms with van der Waals surface area (Å²) in [5.41, 5.74) is 6.92. The number of benzene rings is 1. The maximum atomic E-state index is 12.4. The molecule has 140 valence electrons. The van der Waals surface area contributed by atoms with Crippen LogP contribution in [0.4, 0.5) is 0 Å².